The highest BCUT2D eigenvalue weighted by Crippen LogP contribution is 2.33. The van der Waals surface area contributed by atoms with Gasteiger partial charge < -0.3 is 14.6 Å². The normalized spacial score (nSPS) is 11.2. The minimum absolute atomic E-state index is 0.322. The Bertz CT molecular complexity index is 877. The molecule has 6 heteroatoms. The third-order valence-corrected chi connectivity index (χ3v) is 3.54. The quantitative estimate of drug-likeness (QED) is 0.650. The highest BCUT2D eigenvalue weighted by molar-refractivity contribution is 5.68. The topological polar surface area (TPSA) is 38.7 Å². The summed E-state index contributed by atoms with van der Waals surface area (Å²) in [6.07, 6.45) is -4.83. The van der Waals surface area contributed by atoms with Gasteiger partial charge in [-0.05, 0) is 41.0 Å². The van der Waals surface area contributed by atoms with E-state index < -0.39 is 12.1 Å². The number of hydrogen-bond acceptors (Lipinski definition) is 3. The monoisotopic (exact) mass is 360 g/mol. The molecule has 0 spiro atoms. The van der Waals surface area contributed by atoms with Crippen molar-refractivity contribution in [2.45, 2.75) is 13.0 Å². The van der Waals surface area contributed by atoms with E-state index in [0.717, 1.165) is 11.6 Å². The van der Waals surface area contributed by atoms with Crippen molar-refractivity contribution in [1.29, 1.82) is 0 Å². The zero-order chi connectivity index (χ0) is 18.6. The van der Waals surface area contributed by atoms with Gasteiger partial charge >= 0.3 is 6.36 Å². The summed E-state index contributed by atoms with van der Waals surface area (Å²) in [6.45, 7) is 0.368. The second-order valence-electron chi connectivity index (χ2n) is 5.57. The van der Waals surface area contributed by atoms with Crippen LogP contribution in [0.4, 0.5) is 13.2 Å². The lowest BCUT2D eigenvalue weighted by atomic mass is 10.0. The van der Waals surface area contributed by atoms with Crippen LogP contribution in [0.25, 0.3) is 11.1 Å². The Hall–Kier alpha value is -3.15. The first-order valence-electron chi connectivity index (χ1n) is 7.76. The first-order valence-corrected chi connectivity index (χ1v) is 7.76. The summed E-state index contributed by atoms with van der Waals surface area (Å²) >= 11 is 0. The van der Waals surface area contributed by atoms with Crippen LogP contribution >= 0.6 is 0 Å². The van der Waals surface area contributed by atoms with Crippen molar-refractivity contribution in [1.82, 2.24) is 0 Å². The molecule has 0 bridgehead atoms. The van der Waals surface area contributed by atoms with Crippen LogP contribution < -0.4 is 9.47 Å². The highest BCUT2D eigenvalue weighted by atomic mass is 19.4. The van der Waals surface area contributed by atoms with Crippen molar-refractivity contribution in [3.05, 3.63) is 78.4 Å². The van der Waals surface area contributed by atoms with E-state index in [1.807, 2.05) is 30.3 Å². The second-order valence-corrected chi connectivity index (χ2v) is 5.57. The summed E-state index contributed by atoms with van der Waals surface area (Å²) < 4.78 is 46.8. The molecule has 0 fully saturated rings. The Kier molecular flexibility index (Phi) is 5.02. The smallest absolute Gasteiger partial charge is 0.508 e. The van der Waals surface area contributed by atoms with Gasteiger partial charge in [-0.1, -0.05) is 42.5 Å². The van der Waals surface area contributed by atoms with Crippen molar-refractivity contribution in [3.8, 4) is 28.4 Å². The van der Waals surface area contributed by atoms with E-state index in [1.54, 1.807) is 24.3 Å². The first kappa shape index (κ1) is 17.7. The second kappa shape index (κ2) is 7.39. The molecule has 0 heterocycles. The van der Waals surface area contributed by atoms with E-state index in [0.29, 0.717) is 23.5 Å². The molecular weight excluding hydrogens is 345 g/mol. The van der Waals surface area contributed by atoms with Gasteiger partial charge in [-0.3, -0.25) is 0 Å². The predicted molar refractivity (Wildman–Crippen MR) is 91.0 cm³/mol. The van der Waals surface area contributed by atoms with Gasteiger partial charge in [-0.2, -0.15) is 0 Å². The number of phenols is 1. The molecule has 0 radical (unpaired) electrons. The maximum atomic E-state index is 12.4. The number of hydrogen-bond donors (Lipinski definition) is 1. The van der Waals surface area contributed by atoms with E-state index in [-0.39, 0.29) is 5.75 Å². The van der Waals surface area contributed by atoms with Crippen LogP contribution in [0.5, 0.6) is 17.2 Å². The summed E-state index contributed by atoms with van der Waals surface area (Å²) in [5.41, 5.74) is 1.98. The molecular formula is C20H15F3O3. The molecule has 0 unspecified atom stereocenters. The molecule has 0 aliphatic heterocycles. The average Bonchev–Trinajstić information content (AvgIpc) is 2.59. The Morgan fingerprint density at radius 3 is 2.23 bits per heavy atom. The molecule has 0 aromatic heterocycles. The maximum Gasteiger partial charge on any atom is 0.573 e. The molecule has 0 aliphatic rings. The average molecular weight is 360 g/mol. The molecule has 0 saturated carbocycles. The molecule has 0 saturated heterocycles. The fourth-order valence-corrected chi connectivity index (χ4v) is 2.45. The number of benzene rings is 3. The minimum atomic E-state index is -4.83. The van der Waals surface area contributed by atoms with Crippen LogP contribution in [0.2, 0.25) is 0 Å². The number of halogens is 3. The van der Waals surface area contributed by atoms with Crippen LogP contribution in [0.3, 0.4) is 0 Å². The Morgan fingerprint density at radius 1 is 0.769 bits per heavy atom. The number of rotatable bonds is 5. The summed E-state index contributed by atoms with van der Waals surface area (Å²) in [6, 6.07) is 19.9. The number of alkyl halides is 3. The Labute approximate surface area is 148 Å². The van der Waals surface area contributed by atoms with E-state index in [1.165, 1.54) is 12.1 Å². The zero-order valence-electron chi connectivity index (χ0n) is 13.5. The molecule has 26 heavy (non-hydrogen) atoms. The van der Waals surface area contributed by atoms with Crippen molar-refractivity contribution in [2.75, 3.05) is 0 Å². The van der Waals surface area contributed by atoms with Crippen LogP contribution in [-0.2, 0) is 6.61 Å². The van der Waals surface area contributed by atoms with Crippen LogP contribution in [-0.4, -0.2) is 11.5 Å². The van der Waals surface area contributed by atoms with Crippen molar-refractivity contribution >= 4 is 0 Å². The van der Waals surface area contributed by atoms with E-state index in [4.69, 9.17) is 4.74 Å². The minimum Gasteiger partial charge on any atom is -0.508 e. The van der Waals surface area contributed by atoms with Crippen LogP contribution in [0.15, 0.2) is 72.8 Å². The summed E-state index contributed by atoms with van der Waals surface area (Å²) in [4.78, 5) is 0. The van der Waals surface area contributed by atoms with Crippen molar-refractivity contribution in [2.24, 2.45) is 0 Å². The Morgan fingerprint density at radius 2 is 1.50 bits per heavy atom. The van der Waals surface area contributed by atoms with Crippen molar-refractivity contribution < 1.29 is 27.8 Å². The number of phenolic OH excluding ortho intramolecular Hbond substituents is 1. The van der Waals surface area contributed by atoms with Gasteiger partial charge in [0.2, 0.25) is 0 Å². The highest BCUT2D eigenvalue weighted by Gasteiger charge is 2.31. The first-order chi connectivity index (χ1) is 12.4. The van der Waals surface area contributed by atoms with Crippen LogP contribution in [0.1, 0.15) is 5.56 Å². The fourth-order valence-electron chi connectivity index (χ4n) is 2.45. The van der Waals surface area contributed by atoms with Gasteiger partial charge in [-0.15, -0.1) is 13.2 Å². The predicted octanol–water partition coefficient (Wildman–Crippen LogP) is 5.54. The molecule has 0 aliphatic carbocycles. The van der Waals surface area contributed by atoms with Crippen molar-refractivity contribution in [3.63, 3.8) is 0 Å². The largest absolute Gasteiger partial charge is 0.573 e. The lowest BCUT2D eigenvalue weighted by Crippen LogP contribution is -2.17. The van der Waals surface area contributed by atoms with Gasteiger partial charge in [0.1, 0.15) is 23.9 Å². The summed E-state index contributed by atoms with van der Waals surface area (Å²) in [5, 5.41) is 9.69. The SMILES string of the molecule is Oc1cc(OC(F)(F)F)cc(-c2cccc(OCc3ccccc3)c2)c1. The summed E-state index contributed by atoms with van der Waals surface area (Å²) in [7, 11) is 0. The number of aromatic hydroxyl groups is 1. The van der Waals surface area contributed by atoms with Gasteiger partial charge in [0.15, 0.2) is 0 Å². The molecule has 134 valence electrons. The Balaban J connectivity index is 1.81. The van der Waals surface area contributed by atoms with E-state index in [2.05, 4.69) is 4.74 Å². The lowest BCUT2D eigenvalue weighted by Gasteiger charge is -2.12. The standard InChI is InChI=1S/C20H15F3O3/c21-20(22,23)26-19-11-16(9-17(24)12-19)15-7-4-8-18(10-15)25-13-14-5-2-1-3-6-14/h1-12,24H,13H2. The molecule has 0 atom stereocenters. The molecule has 3 aromatic carbocycles. The van der Waals surface area contributed by atoms with E-state index >= 15 is 0 Å². The van der Waals surface area contributed by atoms with Gasteiger partial charge in [0.05, 0.1) is 0 Å². The number of ether oxygens (including phenoxy) is 2. The van der Waals surface area contributed by atoms with E-state index in [9.17, 15) is 18.3 Å². The van der Waals surface area contributed by atoms with Gasteiger partial charge in [0.25, 0.3) is 0 Å². The third-order valence-electron chi connectivity index (χ3n) is 3.54. The molecule has 3 rings (SSSR count). The molecule has 0 amide bonds. The molecule has 3 nitrogen and oxygen atoms in total. The zero-order valence-corrected chi connectivity index (χ0v) is 13.5. The maximum absolute atomic E-state index is 12.4. The third kappa shape index (κ3) is 4.92. The summed E-state index contributed by atoms with van der Waals surface area (Å²) in [5.74, 6) is -0.242. The molecule has 1 N–H and O–H groups in total. The lowest BCUT2D eigenvalue weighted by molar-refractivity contribution is -0.274. The van der Waals surface area contributed by atoms with Gasteiger partial charge in [0, 0.05) is 6.07 Å². The molecule has 3 aromatic rings. The van der Waals surface area contributed by atoms with Crippen LogP contribution in [0, 0.1) is 0 Å². The fraction of sp³-hybridized carbons (Fsp3) is 0.100. The van der Waals surface area contributed by atoms with Gasteiger partial charge in [-0.25, -0.2) is 0 Å².